The standard InChI is InChI=1S/C34H43N5O5/c1-21-12-9-10-13-23(21)19-39-28-27(36-31(39)38-17-11-14-24(20-38)35-32(42)44-34(5,6)7)25-16-15-22(30(41)43-33(2,3)4)18-26(25)37(8)29(28)40/h9-10,12-13,15-16,18,24H,11,14,17,19-20H2,1-8H3,(H,35,42)/t24-/m1/s1. The fourth-order valence-corrected chi connectivity index (χ4v) is 5.69. The summed E-state index contributed by atoms with van der Waals surface area (Å²) in [6.07, 6.45) is 1.20. The van der Waals surface area contributed by atoms with Gasteiger partial charge in [-0.15, -0.1) is 0 Å². The lowest BCUT2D eigenvalue weighted by Gasteiger charge is -2.34. The second-order valence-corrected chi connectivity index (χ2v) is 13.7. The average Bonchev–Trinajstić information content (AvgIpc) is 3.30. The molecule has 10 heteroatoms. The van der Waals surface area contributed by atoms with E-state index < -0.39 is 23.3 Å². The van der Waals surface area contributed by atoms with Crippen molar-refractivity contribution in [3.63, 3.8) is 0 Å². The van der Waals surface area contributed by atoms with Gasteiger partial charge in [-0.3, -0.25) is 4.79 Å². The number of fused-ring (bicyclic) bond motifs is 3. The van der Waals surface area contributed by atoms with Gasteiger partial charge in [-0.2, -0.15) is 0 Å². The van der Waals surface area contributed by atoms with Gasteiger partial charge < -0.3 is 28.8 Å². The van der Waals surface area contributed by atoms with Crippen LogP contribution < -0.4 is 15.8 Å². The summed E-state index contributed by atoms with van der Waals surface area (Å²) in [4.78, 5) is 46.8. The van der Waals surface area contributed by atoms with Gasteiger partial charge in [-0.25, -0.2) is 14.6 Å². The van der Waals surface area contributed by atoms with Gasteiger partial charge in [-0.1, -0.05) is 24.3 Å². The number of nitrogens with zero attached hydrogens (tertiary/aromatic N) is 4. The number of pyridine rings is 1. The van der Waals surface area contributed by atoms with Crippen molar-refractivity contribution < 1.29 is 19.1 Å². The summed E-state index contributed by atoms with van der Waals surface area (Å²) in [7, 11) is 1.72. The smallest absolute Gasteiger partial charge is 0.407 e. The van der Waals surface area contributed by atoms with Gasteiger partial charge in [0.2, 0.25) is 5.95 Å². The summed E-state index contributed by atoms with van der Waals surface area (Å²) in [6, 6.07) is 13.2. The first-order chi connectivity index (χ1) is 20.6. The summed E-state index contributed by atoms with van der Waals surface area (Å²) in [5.74, 6) is 0.217. The van der Waals surface area contributed by atoms with E-state index >= 15 is 0 Å². The number of rotatable bonds is 5. The van der Waals surface area contributed by atoms with E-state index in [0.29, 0.717) is 41.2 Å². The van der Waals surface area contributed by atoms with Crippen LogP contribution in [0.4, 0.5) is 10.7 Å². The maximum atomic E-state index is 14.1. The SMILES string of the molecule is Cc1ccccc1Cn1c(N2CCC[C@@H](NC(=O)OC(C)(C)C)C2)nc2c3ccc(C(=O)OC(C)(C)C)cc3n(C)c(=O)c21. The molecular formula is C34H43N5O5. The molecule has 1 fully saturated rings. The lowest BCUT2D eigenvalue weighted by atomic mass is 10.1. The lowest BCUT2D eigenvalue weighted by Crippen LogP contribution is -2.49. The van der Waals surface area contributed by atoms with Crippen LogP contribution in [0.2, 0.25) is 0 Å². The number of benzene rings is 2. The minimum atomic E-state index is -0.643. The number of hydrogen-bond donors (Lipinski definition) is 1. The second kappa shape index (κ2) is 11.6. The summed E-state index contributed by atoms with van der Waals surface area (Å²) in [5.41, 5.74) is 2.78. The molecule has 1 N–H and O–H groups in total. The minimum Gasteiger partial charge on any atom is -0.456 e. The Labute approximate surface area is 258 Å². The van der Waals surface area contributed by atoms with Gasteiger partial charge in [0.25, 0.3) is 5.56 Å². The quantitative estimate of drug-likeness (QED) is 0.293. The van der Waals surface area contributed by atoms with Crippen LogP contribution in [-0.4, -0.2) is 56.5 Å². The highest BCUT2D eigenvalue weighted by Crippen LogP contribution is 2.31. The van der Waals surface area contributed by atoms with Crippen LogP contribution in [0.3, 0.4) is 0 Å². The molecule has 5 rings (SSSR count). The fraction of sp³-hybridized carbons (Fsp3) is 0.471. The molecule has 3 heterocycles. The fourth-order valence-electron chi connectivity index (χ4n) is 5.69. The molecule has 0 unspecified atom stereocenters. The van der Waals surface area contributed by atoms with E-state index in [4.69, 9.17) is 14.5 Å². The highest BCUT2D eigenvalue weighted by atomic mass is 16.6. The number of esters is 1. The van der Waals surface area contributed by atoms with Crippen molar-refractivity contribution in [2.75, 3.05) is 18.0 Å². The molecule has 0 bridgehead atoms. The zero-order valence-electron chi connectivity index (χ0n) is 27.0. The molecule has 0 radical (unpaired) electrons. The first kappa shape index (κ1) is 31.1. The molecule has 1 amide bonds. The van der Waals surface area contributed by atoms with Crippen LogP contribution in [0.25, 0.3) is 21.9 Å². The van der Waals surface area contributed by atoms with Gasteiger partial charge in [-0.05, 0) is 90.6 Å². The number of carbonyl (C=O) groups excluding carboxylic acids is 2. The zero-order chi connectivity index (χ0) is 32.0. The number of piperidine rings is 1. The molecular weight excluding hydrogens is 558 g/mol. The van der Waals surface area contributed by atoms with Crippen LogP contribution in [-0.2, 0) is 23.1 Å². The van der Waals surface area contributed by atoms with Crippen molar-refractivity contribution in [2.24, 2.45) is 7.05 Å². The molecule has 1 aliphatic rings. The Bertz CT molecular complexity index is 1790. The maximum absolute atomic E-state index is 14.1. The van der Waals surface area contributed by atoms with Gasteiger partial charge in [0.05, 0.1) is 17.6 Å². The summed E-state index contributed by atoms with van der Waals surface area (Å²) < 4.78 is 14.7. The predicted octanol–water partition coefficient (Wildman–Crippen LogP) is 5.69. The van der Waals surface area contributed by atoms with Crippen molar-refractivity contribution in [3.05, 3.63) is 69.5 Å². The number of amides is 1. The van der Waals surface area contributed by atoms with Gasteiger partial charge in [0.1, 0.15) is 22.2 Å². The van der Waals surface area contributed by atoms with Crippen LogP contribution in [0.1, 0.15) is 75.9 Å². The lowest BCUT2D eigenvalue weighted by molar-refractivity contribution is 0.00693. The van der Waals surface area contributed by atoms with Gasteiger partial charge in [0, 0.05) is 31.6 Å². The number of aryl methyl sites for hydroxylation is 2. The molecule has 4 aromatic rings. The molecule has 2 aromatic heterocycles. The van der Waals surface area contributed by atoms with Crippen molar-refractivity contribution in [3.8, 4) is 0 Å². The molecule has 2 aromatic carbocycles. The monoisotopic (exact) mass is 601 g/mol. The number of nitrogens with one attached hydrogen (secondary N) is 1. The van der Waals surface area contributed by atoms with Crippen molar-refractivity contribution in [1.29, 1.82) is 0 Å². The van der Waals surface area contributed by atoms with E-state index in [-0.39, 0.29) is 11.6 Å². The van der Waals surface area contributed by atoms with Crippen molar-refractivity contribution >= 4 is 39.9 Å². The van der Waals surface area contributed by atoms with E-state index in [1.54, 1.807) is 23.7 Å². The van der Waals surface area contributed by atoms with Crippen LogP contribution >= 0.6 is 0 Å². The minimum absolute atomic E-state index is 0.138. The summed E-state index contributed by atoms with van der Waals surface area (Å²) >= 11 is 0. The predicted molar refractivity (Wildman–Crippen MR) is 173 cm³/mol. The Balaban J connectivity index is 1.62. The second-order valence-electron chi connectivity index (χ2n) is 13.7. The van der Waals surface area contributed by atoms with Crippen LogP contribution in [0, 0.1) is 6.92 Å². The topological polar surface area (TPSA) is 108 Å². The van der Waals surface area contributed by atoms with E-state index in [1.807, 2.05) is 64.3 Å². The van der Waals surface area contributed by atoms with Crippen LogP contribution in [0.5, 0.6) is 0 Å². The molecule has 0 spiro atoms. The van der Waals surface area contributed by atoms with E-state index in [2.05, 4.69) is 29.3 Å². The maximum Gasteiger partial charge on any atom is 0.407 e. The number of alkyl carbamates (subject to hydrolysis) is 1. The number of hydrogen-bond acceptors (Lipinski definition) is 7. The average molecular weight is 602 g/mol. The van der Waals surface area contributed by atoms with Crippen LogP contribution in [0.15, 0.2) is 47.3 Å². The van der Waals surface area contributed by atoms with Crippen molar-refractivity contribution in [2.45, 2.75) is 85.1 Å². The summed E-state index contributed by atoms with van der Waals surface area (Å²) in [6.45, 7) is 14.8. The van der Waals surface area contributed by atoms with Gasteiger partial charge in [0.15, 0.2) is 0 Å². The number of carbonyl (C=O) groups is 2. The number of ether oxygens (including phenoxy) is 2. The molecule has 1 atom stereocenters. The Morgan fingerprint density at radius 3 is 2.41 bits per heavy atom. The largest absolute Gasteiger partial charge is 0.456 e. The molecule has 0 aliphatic carbocycles. The van der Waals surface area contributed by atoms with Crippen molar-refractivity contribution in [1.82, 2.24) is 19.4 Å². The Hall–Kier alpha value is -4.34. The number of aromatic nitrogens is 3. The number of imidazole rings is 1. The molecule has 10 nitrogen and oxygen atoms in total. The number of anilines is 1. The van der Waals surface area contributed by atoms with E-state index in [0.717, 1.165) is 35.9 Å². The zero-order valence-corrected chi connectivity index (χ0v) is 27.0. The van der Waals surface area contributed by atoms with E-state index in [9.17, 15) is 14.4 Å². The Morgan fingerprint density at radius 1 is 1.02 bits per heavy atom. The third kappa shape index (κ3) is 6.59. The molecule has 44 heavy (non-hydrogen) atoms. The third-order valence-electron chi connectivity index (χ3n) is 7.72. The highest BCUT2D eigenvalue weighted by Gasteiger charge is 2.29. The molecule has 234 valence electrons. The molecule has 1 aliphatic heterocycles. The molecule has 1 saturated heterocycles. The Kier molecular flexibility index (Phi) is 8.22. The Morgan fingerprint density at radius 2 is 1.73 bits per heavy atom. The summed E-state index contributed by atoms with van der Waals surface area (Å²) in [5, 5.41) is 3.78. The van der Waals surface area contributed by atoms with E-state index in [1.165, 1.54) is 0 Å². The third-order valence-corrected chi connectivity index (χ3v) is 7.72. The first-order valence-corrected chi connectivity index (χ1v) is 15.2. The first-order valence-electron chi connectivity index (χ1n) is 15.2. The molecule has 0 saturated carbocycles. The highest BCUT2D eigenvalue weighted by molar-refractivity contribution is 6.05. The normalized spacial score (nSPS) is 15.9. The van der Waals surface area contributed by atoms with Gasteiger partial charge >= 0.3 is 12.1 Å².